The van der Waals surface area contributed by atoms with Crippen LogP contribution in [0.25, 0.3) is 0 Å². The number of nitrogens with zero attached hydrogens (tertiary/aromatic N) is 2. The molecule has 2 aliphatic heterocycles. The molecule has 2 aliphatic rings. The van der Waals surface area contributed by atoms with Crippen LogP contribution >= 0.6 is 11.6 Å². The van der Waals surface area contributed by atoms with Gasteiger partial charge in [-0.25, -0.2) is 0 Å². The van der Waals surface area contributed by atoms with Crippen molar-refractivity contribution in [3.8, 4) is 11.5 Å². The van der Waals surface area contributed by atoms with Crippen LogP contribution in [0.5, 0.6) is 11.5 Å². The zero-order chi connectivity index (χ0) is 22.0. The summed E-state index contributed by atoms with van der Waals surface area (Å²) in [4.78, 5) is 30.3. The second-order valence-corrected chi connectivity index (χ2v) is 8.51. The molecular formula is C24H27ClN2O4. The Morgan fingerprint density at radius 2 is 1.65 bits per heavy atom. The van der Waals surface area contributed by atoms with Crippen molar-refractivity contribution in [1.29, 1.82) is 0 Å². The van der Waals surface area contributed by atoms with E-state index in [9.17, 15) is 9.59 Å². The number of hydrogen-bond donors (Lipinski definition) is 0. The Hall–Kier alpha value is -2.73. The second-order valence-electron chi connectivity index (χ2n) is 8.07. The van der Waals surface area contributed by atoms with E-state index in [-0.39, 0.29) is 23.7 Å². The summed E-state index contributed by atoms with van der Waals surface area (Å²) < 4.78 is 11.0. The van der Waals surface area contributed by atoms with Gasteiger partial charge in [0, 0.05) is 54.3 Å². The molecule has 0 aliphatic carbocycles. The normalized spacial score (nSPS) is 20.7. The zero-order valence-electron chi connectivity index (χ0n) is 17.8. The van der Waals surface area contributed by atoms with Crippen LogP contribution < -0.4 is 9.47 Å². The number of likely N-dealkylation sites (tertiary alicyclic amines) is 2. The van der Waals surface area contributed by atoms with Crippen molar-refractivity contribution in [2.45, 2.75) is 18.8 Å². The first kappa shape index (κ1) is 21.5. The molecule has 2 heterocycles. The highest BCUT2D eigenvalue weighted by Gasteiger charge is 2.43. The Morgan fingerprint density at radius 3 is 2.29 bits per heavy atom. The fourth-order valence-electron chi connectivity index (χ4n) is 4.61. The van der Waals surface area contributed by atoms with Crippen molar-refractivity contribution < 1.29 is 19.1 Å². The van der Waals surface area contributed by atoms with E-state index in [1.807, 2.05) is 23.1 Å². The van der Waals surface area contributed by atoms with Crippen molar-refractivity contribution in [3.63, 3.8) is 0 Å². The van der Waals surface area contributed by atoms with E-state index in [0.717, 1.165) is 31.5 Å². The second kappa shape index (κ2) is 9.18. The third kappa shape index (κ3) is 4.35. The molecule has 164 valence electrons. The summed E-state index contributed by atoms with van der Waals surface area (Å²) in [5, 5.41) is 0.584. The monoisotopic (exact) mass is 442 g/mol. The van der Waals surface area contributed by atoms with Crippen LogP contribution in [0.4, 0.5) is 0 Å². The summed E-state index contributed by atoms with van der Waals surface area (Å²) in [6, 6.07) is 12.5. The van der Waals surface area contributed by atoms with Gasteiger partial charge in [0.1, 0.15) is 11.5 Å². The topological polar surface area (TPSA) is 59.1 Å². The molecule has 0 bridgehead atoms. The number of carbonyl (C=O) groups is 2. The summed E-state index contributed by atoms with van der Waals surface area (Å²) >= 11 is 5.98. The number of rotatable bonds is 5. The SMILES string of the molecule is COc1ccc([C@H]2CN(C(=O)c3ccc(Cl)cc3)C[C@@H]2C(=O)N2CCCC2)c(OC)c1. The molecule has 7 heteroatoms. The minimum atomic E-state index is -0.309. The van der Waals surface area contributed by atoms with Gasteiger partial charge in [0.05, 0.1) is 20.1 Å². The van der Waals surface area contributed by atoms with Gasteiger partial charge in [-0.3, -0.25) is 9.59 Å². The fourth-order valence-corrected chi connectivity index (χ4v) is 4.73. The first-order valence-corrected chi connectivity index (χ1v) is 10.9. The number of ether oxygens (including phenoxy) is 2. The summed E-state index contributed by atoms with van der Waals surface area (Å²) in [6.07, 6.45) is 2.06. The van der Waals surface area contributed by atoms with Crippen molar-refractivity contribution in [3.05, 3.63) is 58.6 Å². The molecule has 0 unspecified atom stereocenters. The molecule has 0 saturated carbocycles. The summed E-state index contributed by atoms with van der Waals surface area (Å²) in [5.41, 5.74) is 1.49. The summed E-state index contributed by atoms with van der Waals surface area (Å²) in [7, 11) is 3.22. The van der Waals surface area contributed by atoms with Crippen LogP contribution in [0.3, 0.4) is 0 Å². The molecule has 2 atom stereocenters. The maximum atomic E-state index is 13.4. The van der Waals surface area contributed by atoms with Crippen molar-refractivity contribution >= 4 is 23.4 Å². The molecule has 4 rings (SSSR count). The highest BCUT2D eigenvalue weighted by atomic mass is 35.5. The lowest BCUT2D eigenvalue weighted by molar-refractivity contribution is -0.134. The predicted molar refractivity (Wildman–Crippen MR) is 119 cm³/mol. The van der Waals surface area contributed by atoms with Gasteiger partial charge in [-0.1, -0.05) is 17.7 Å². The largest absolute Gasteiger partial charge is 0.497 e. The summed E-state index contributed by atoms with van der Waals surface area (Å²) in [6.45, 7) is 2.41. The average molecular weight is 443 g/mol. The van der Waals surface area contributed by atoms with Gasteiger partial charge in [0.15, 0.2) is 0 Å². The van der Waals surface area contributed by atoms with E-state index < -0.39 is 0 Å². The van der Waals surface area contributed by atoms with E-state index in [0.29, 0.717) is 35.2 Å². The Labute approximate surface area is 187 Å². The van der Waals surface area contributed by atoms with Crippen LogP contribution in [-0.4, -0.2) is 62.0 Å². The number of methoxy groups -OCH3 is 2. The van der Waals surface area contributed by atoms with E-state index in [1.165, 1.54) is 0 Å². The number of carbonyl (C=O) groups excluding carboxylic acids is 2. The molecule has 2 aromatic carbocycles. The third-order valence-electron chi connectivity index (χ3n) is 6.27. The minimum absolute atomic E-state index is 0.0918. The van der Waals surface area contributed by atoms with E-state index in [4.69, 9.17) is 21.1 Å². The van der Waals surface area contributed by atoms with Gasteiger partial charge in [0.25, 0.3) is 5.91 Å². The quantitative estimate of drug-likeness (QED) is 0.706. The highest BCUT2D eigenvalue weighted by Crippen LogP contribution is 2.40. The standard InChI is InChI=1S/C24H27ClN2O4/c1-30-18-9-10-19(22(13-18)31-2)20-14-27(23(28)16-5-7-17(25)8-6-16)15-21(20)24(29)26-11-3-4-12-26/h5-10,13,20-21H,3-4,11-12,14-15H2,1-2H3/t20-,21+/m1/s1. The van der Waals surface area contributed by atoms with Gasteiger partial charge in [-0.05, 0) is 43.2 Å². The zero-order valence-corrected chi connectivity index (χ0v) is 18.6. The third-order valence-corrected chi connectivity index (χ3v) is 6.53. The fraction of sp³-hybridized carbons (Fsp3) is 0.417. The Kier molecular flexibility index (Phi) is 6.37. The number of halogens is 1. The first-order chi connectivity index (χ1) is 15.0. The average Bonchev–Trinajstić information content (AvgIpc) is 3.49. The van der Waals surface area contributed by atoms with Crippen molar-refractivity contribution in [1.82, 2.24) is 9.80 Å². The molecule has 0 aromatic heterocycles. The molecule has 0 spiro atoms. The van der Waals surface area contributed by atoms with Gasteiger partial charge in [-0.2, -0.15) is 0 Å². The molecule has 0 radical (unpaired) electrons. The molecule has 2 aromatic rings. The smallest absolute Gasteiger partial charge is 0.253 e. The van der Waals surface area contributed by atoms with Gasteiger partial charge in [-0.15, -0.1) is 0 Å². The van der Waals surface area contributed by atoms with Gasteiger partial charge >= 0.3 is 0 Å². The maximum absolute atomic E-state index is 13.4. The molecule has 2 saturated heterocycles. The van der Waals surface area contributed by atoms with Crippen LogP contribution in [0.2, 0.25) is 5.02 Å². The van der Waals surface area contributed by atoms with Crippen LogP contribution in [0.1, 0.15) is 34.7 Å². The highest BCUT2D eigenvalue weighted by molar-refractivity contribution is 6.30. The molecule has 31 heavy (non-hydrogen) atoms. The lowest BCUT2D eigenvalue weighted by atomic mass is 9.87. The van der Waals surface area contributed by atoms with Crippen molar-refractivity contribution in [2.75, 3.05) is 40.4 Å². The maximum Gasteiger partial charge on any atom is 0.253 e. The van der Waals surface area contributed by atoms with Crippen molar-refractivity contribution in [2.24, 2.45) is 5.92 Å². The van der Waals surface area contributed by atoms with Crippen LogP contribution in [0.15, 0.2) is 42.5 Å². The van der Waals surface area contributed by atoms with Gasteiger partial charge < -0.3 is 19.3 Å². The molecular weight excluding hydrogens is 416 g/mol. The predicted octanol–water partition coefficient (Wildman–Crippen LogP) is 3.84. The minimum Gasteiger partial charge on any atom is -0.497 e. The molecule has 6 nitrogen and oxygen atoms in total. The Bertz CT molecular complexity index is 957. The summed E-state index contributed by atoms with van der Waals surface area (Å²) in [5.74, 6) is 0.930. The van der Waals surface area contributed by atoms with Crippen LogP contribution in [-0.2, 0) is 4.79 Å². The Balaban J connectivity index is 1.66. The number of amides is 2. The first-order valence-electron chi connectivity index (χ1n) is 10.6. The number of hydrogen-bond acceptors (Lipinski definition) is 4. The lowest BCUT2D eigenvalue weighted by Gasteiger charge is -2.25. The Morgan fingerprint density at radius 1 is 0.935 bits per heavy atom. The van der Waals surface area contributed by atoms with Crippen LogP contribution in [0, 0.1) is 5.92 Å². The van der Waals surface area contributed by atoms with E-state index >= 15 is 0 Å². The lowest BCUT2D eigenvalue weighted by Crippen LogP contribution is -2.37. The van der Waals surface area contributed by atoms with E-state index in [1.54, 1.807) is 43.4 Å². The van der Waals surface area contributed by atoms with E-state index in [2.05, 4.69) is 0 Å². The molecule has 0 N–H and O–H groups in total. The molecule has 2 amide bonds. The number of benzene rings is 2. The van der Waals surface area contributed by atoms with Gasteiger partial charge in [0.2, 0.25) is 5.91 Å². The molecule has 2 fully saturated rings.